The van der Waals surface area contributed by atoms with E-state index in [-0.39, 0.29) is 0 Å². The Morgan fingerprint density at radius 1 is 1.06 bits per heavy atom. The summed E-state index contributed by atoms with van der Waals surface area (Å²) in [5.41, 5.74) is 7.19. The number of methoxy groups -OCH3 is 1. The van der Waals surface area contributed by atoms with Gasteiger partial charge in [-0.15, -0.1) is 11.8 Å². The second-order valence-corrected chi connectivity index (χ2v) is 11.3. The van der Waals surface area contributed by atoms with Gasteiger partial charge in [0.2, 0.25) is 0 Å². The summed E-state index contributed by atoms with van der Waals surface area (Å²) in [5.74, 6) is 0.560. The van der Waals surface area contributed by atoms with Gasteiger partial charge >= 0.3 is 7.60 Å². The Bertz CT molecular complexity index is 949. The van der Waals surface area contributed by atoms with Gasteiger partial charge in [-0.1, -0.05) is 39.0 Å². The molecule has 8 heteroatoms. The van der Waals surface area contributed by atoms with Crippen LogP contribution in [0.15, 0.2) is 29.2 Å². The summed E-state index contributed by atoms with van der Waals surface area (Å²) >= 11 is 1.82. The van der Waals surface area contributed by atoms with Crippen molar-refractivity contribution >= 4 is 19.4 Å². The molecule has 33 heavy (non-hydrogen) atoms. The van der Waals surface area contributed by atoms with Crippen molar-refractivity contribution < 1.29 is 28.6 Å². The molecular formula is C25H37O6PS. The number of hydrogen-bond acceptors (Lipinski definition) is 5. The lowest BCUT2D eigenvalue weighted by molar-refractivity contribution is -0.0287. The Balaban J connectivity index is 2.25. The van der Waals surface area contributed by atoms with Crippen LogP contribution in [-0.2, 0) is 33.3 Å². The number of hydrogen-bond donors (Lipinski definition) is 2. The number of benzene rings is 2. The van der Waals surface area contributed by atoms with Crippen molar-refractivity contribution in [2.75, 3.05) is 26.9 Å². The maximum atomic E-state index is 11.2. The second kappa shape index (κ2) is 12.9. The molecule has 0 aliphatic heterocycles. The van der Waals surface area contributed by atoms with Crippen molar-refractivity contribution in [3.05, 3.63) is 57.6 Å². The normalized spacial score (nSPS) is 12.7. The maximum Gasteiger partial charge on any atom is 0.362 e. The summed E-state index contributed by atoms with van der Waals surface area (Å²) in [4.78, 5) is 19.6. The highest BCUT2D eigenvalue weighted by atomic mass is 32.2. The molecule has 0 radical (unpaired) electrons. The van der Waals surface area contributed by atoms with Gasteiger partial charge in [-0.05, 0) is 72.6 Å². The van der Waals surface area contributed by atoms with Gasteiger partial charge < -0.3 is 24.0 Å². The second-order valence-electron chi connectivity index (χ2n) is 8.27. The summed E-state index contributed by atoms with van der Waals surface area (Å²) in [7, 11) is -2.60. The van der Waals surface area contributed by atoms with Crippen LogP contribution in [0, 0.1) is 13.8 Å². The maximum absolute atomic E-state index is 11.2. The zero-order chi connectivity index (χ0) is 24.6. The van der Waals surface area contributed by atoms with Crippen molar-refractivity contribution in [1.29, 1.82) is 0 Å². The highest BCUT2D eigenvalue weighted by molar-refractivity contribution is 8.00. The van der Waals surface area contributed by atoms with E-state index in [2.05, 4.69) is 39.8 Å². The van der Waals surface area contributed by atoms with Crippen LogP contribution in [0.25, 0.3) is 0 Å². The standard InChI is InChI=1S/C25H37O6PS/c1-7-22-21(9-10-24(23(22)8-2)31-16-32(26,27)28)13-20-11-17(3)25(18(4)12-20)33-19(5)14-30-15-29-6/h9-12,19H,7-8,13-16H2,1-6H3,(H2,26,27,28). The monoisotopic (exact) mass is 496 g/mol. The van der Waals surface area contributed by atoms with E-state index in [1.54, 1.807) is 7.11 Å². The lowest BCUT2D eigenvalue weighted by Gasteiger charge is -2.19. The molecule has 0 spiro atoms. The van der Waals surface area contributed by atoms with E-state index in [9.17, 15) is 14.4 Å². The van der Waals surface area contributed by atoms with Gasteiger partial charge in [-0.2, -0.15) is 0 Å². The van der Waals surface area contributed by atoms with Gasteiger partial charge in [0, 0.05) is 17.3 Å². The van der Waals surface area contributed by atoms with Crippen LogP contribution >= 0.6 is 19.4 Å². The molecule has 0 saturated heterocycles. The lowest BCUT2D eigenvalue weighted by atomic mass is 9.91. The Morgan fingerprint density at radius 2 is 1.70 bits per heavy atom. The van der Waals surface area contributed by atoms with E-state index in [1.165, 1.54) is 32.7 Å². The molecule has 2 aromatic rings. The third-order valence-electron chi connectivity index (χ3n) is 5.37. The molecule has 1 atom stereocenters. The Labute approximate surface area is 202 Å². The van der Waals surface area contributed by atoms with Crippen molar-refractivity contribution in [2.24, 2.45) is 0 Å². The molecule has 0 bridgehead atoms. The summed E-state index contributed by atoms with van der Waals surface area (Å²) < 4.78 is 27.2. The zero-order valence-electron chi connectivity index (χ0n) is 20.5. The van der Waals surface area contributed by atoms with Gasteiger partial charge in [0.05, 0.1) is 6.61 Å². The number of aryl methyl sites for hydroxylation is 2. The van der Waals surface area contributed by atoms with E-state index in [0.717, 1.165) is 24.8 Å². The molecule has 0 aromatic heterocycles. The summed E-state index contributed by atoms with van der Waals surface area (Å²) in [6.07, 6.45) is 1.77. The van der Waals surface area contributed by atoms with Crippen LogP contribution < -0.4 is 4.74 Å². The number of rotatable bonds is 13. The first-order valence-corrected chi connectivity index (χ1v) is 13.9. The van der Waals surface area contributed by atoms with E-state index in [4.69, 9.17) is 14.2 Å². The molecule has 2 aromatic carbocycles. The third-order valence-corrected chi connectivity index (χ3v) is 7.25. The highest BCUT2D eigenvalue weighted by Crippen LogP contribution is 2.37. The molecule has 2 N–H and O–H groups in total. The predicted molar refractivity (Wildman–Crippen MR) is 135 cm³/mol. The average Bonchev–Trinajstić information content (AvgIpc) is 2.74. The van der Waals surface area contributed by atoms with E-state index >= 15 is 0 Å². The van der Waals surface area contributed by atoms with Gasteiger partial charge in [-0.25, -0.2) is 0 Å². The average molecular weight is 497 g/mol. The molecule has 0 aliphatic carbocycles. The third kappa shape index (κ3) is 8.43. The fourth-order valence-corrected chi connectivity index (χ4v) is 5.45. The highest BCUT2D eigenvalue weighted by Gasteiger charge is 2.18. The van der Waals surface area contributed by atoms with E-state index in [1.807, 2.05) is 30.8 Å². The minimum atomic E-state index is -4.22. The molecule has 0 aliphatic rings. The lowest BCUT2D eigenvalue weighted by Crippen LogP contribution is -2.10. The fourth-order valence-electron chi connectivity index (χ4n) is 4.08. The van der Waals surface area contributed by atoms with Gasteiger partial charge in [-0.3, -0.25) is 4.57 Å². The summed E-state index contributed by atoms with van der Waals surface area (Å²) in [5, 5.41) is 0.322. The predicted octanol–water partition coefficient (Wildman–Crippen LogP) is 5.63. The molecule has 2 rings (SSSR count). The molecule has 184 valence electrons. The molecule has 0 fully saturated rings. The van der Waals surface area contributed by atoms with Crippen molar-refractivity contribution in [1.82, 2.24) is 0 Å². The van der Waals surface area contributed by atoms with Crippen LogP contribution in [0.4, 0.5) is 0 Å². The SMILES string of the molecule is CCc1c(Cc2cc(C)c(SC(C)COCOC)c(C)c2)ccc(OCP(=O)(O)O)c1CC. The van der Waals surface area contributed by atoms with Gasteiger partial charge in [0.1, 0.15) is 12.5 Å². The molecule has 1 unspecified atom stereocenters. The number of ether oxygens (including phenoxy) is 3. The first-order chi connectivity index (χ1) is 15.6. The Hall–Kier alpha value is -1.34. The number of thioether (sulfide) groups is 1. The Morgan fingerprint density at radius 3 is 2.24 bits per heavy atom. The van der Waals surface area contributed by atoms with E-state index < -0.39 is 13.9 Å². The van der Waals surface area contributed by atoms with Crippen molar-refractivity contribution in [3.8, 4) is 5.75 Å². The fraction of sp³-hybridized carbons (Fsp3) is 0.520. The van der Waals surface area contributed by atoms with Gasteiger partial charge in [0.25, 0.3) is 0 Å². The first kappa shape index (κ1) is 27.9. The van der Waals surface area contributed by atoms with Crippen LogP contribution in [0.3, 0.4) is 0 Å². The van der Waals surface area contributed by atoms with Crippen LogP contribution in [0.1, 0.15) is 54.2 Å². The van der Waals surface area contributed by atoms with Crippen LogP contribution in [0.5, 0.6) is 5.75 Å². The molecular weight excluding hydrogens is 459 g/mol. The minimum Gasteiger partial charge on any atom is -0.481 e. The summed E-state index contributed by atoms with van der Waals surface area (Å²) in [6, 6.07) is 8.37. The smallest absolute Gasteiger partial charge is 0.362 e. The van der Waals surface area contributed by atoms with Crippen LogP contribution in [0.2, 0.25) is 0 Å². The molecule has 0 heterocycles. The van der Waals surface area contributed by atoms with Crippen molar-refractivity contribution in [3.63, 3.8) is 0 Å². The largest absolute Gasteiger partial charge is 0.481 e. The van der Waals surface area contributed by atoms with Gasteiger partial charge in [0.15, 0.2) is 6.35 Å². The first-order valence-electron chi connectivity index (χ1n) is 11.2. The zero-order valence-corrected chi connectivity index (χ0v) is 22.2. The molecule has 0 saturated carbocycles. The summed E-state index contributed by atoms with van der Waals surface area (Å²) in [6.45, 7) is 11.6. The van der Waals surface area contributed by atoms with Crippen molar-refractivity contribution in [2.45, 2.75) is 64.0 Å². The van der Waals surface area contributed by atoms with Crippen LogP contribution in [-0.4, -0.2) is 41.9 Å². The molecule has 0 amide bonds. The topological polar surface area (TPSA) is 85.2 Å². The van der Waals surface area contributed by atoms with E-state index in [0.29, 0.717) is 24.4 Å². The molecule has 6 nitrogen and oxygen atoms in total. The minimum absolute atomic E-state index is 0.310. The Kier molecular flexibility index (Phi) is 10.9. The quantitative estimate of drug-likeness (QED) is 0.161.